The molecular weight excluding hydrogens is 320 g/mol. The van der Waals surface area contributed by atoms with E-state index in [0.29, 0.717) is 0 Å². The summed E-state index contributed by atoms with van der Waals surface area (Å²) in [5.41, 5.74) is 11.6. The molecule has 0 aliphatic heterocycles. The Balaban J connectivity index is 0.00000163. The molecular formula is C22H30N4. The number of nitrogens with one attached hydrogen (secondary N) is 1. The molecule has 1 aromatic carbocycles. The number of aromatic nitrogens is 1. The van der Waals surface area contributed by atoms with Gasteiger partial charge in [0.25, 0.3) is 0 Å². The van der Waals surface area contributed by atoms with Gasteiger partial charge in [-0.2, -0.15) is 0 Å². The van der Waals surface area contributed by atoms with Crippen LogP contribution in [0.25, 0.3) is 11.3 Å². The van der Waals surface area contributed by atoms with E-state index in [1.54, 1.807) is 13.3 Å². The van der Waals surface area contributed by atoms with Crippen LogP contribution in [0.1, 0.15) is 43.3 Å². The van der Waals surface area contributed by atoms with Crippen molar-refractivity contribution in [2.45, 2.75) is 34.2 Å². The number of rotatable bonds is 6. The molecule has 0 aliphatic carbocycles. The van der Waals surface area contributed by atoms with Crippen LogP contribution in [0.5, 0.6) is 0 Å². The fraction of sp³-hybridized carbons (Fsp3) is 0.273. The first-order chi connectivity index (χ1) is 12.7. The van der Waals surface area contributed by atoms with Crippen LogP contribution < -0.4 is 11.1 Å². The van der Waals surface area contributed by atoms with Crippen molar-refractivity contribution >= 4 is 17.5 Å². The molecule has 0 aliphatic rings. The number of nitrogens with two attached hydrogens (primary N) is 1. The van der Waals surface area contributed by atoms with Crippen molar-refractivity contribution in [1.82, 2.24) is 10.3 Å². The number of pyridine rings is 1. The molecule has 0 amide bonds. The Labute approximate surface area is 157 Å². The highest BCUT2D eigenvalue weighted by atomic mass is 14.9. The van der Waals surface area contributed by atoms with Gasteiger partial charge in [0.05, 0.1) is 17.1 Å². The average Bonchev–Trinajstić information content (AvgIpc) is 2.70. The van der Waals surface area contributed by atoms with Crippen molar-refractivity contribution in [2.75, 3.05) is 7.05 Å². The zero-order valence-electron chi connectivity index (χ0n) is 16.5. The van der Waals surface area contributed by atoms with Crippen LogP contribution in [0, 0.1) is 6.92 Å². The molecule has 0 bridgehead atoms. The Morgan fingerprint density at radius 3 is 2.42 bits per heavy atom. The quantitative estimate of drug-likeness (QED) is 0.750. The second-order valence-electron chi connectivity index (χ2n) is 5.41. The molecule has 0 radical (unpaired) electrons. The Morgan fingerprint density at radius 1 is 1.15 bits per heavy atom. The third-order valence-corrected chi connectivity index (χ3v) is 3.71. The summed E-state index contributed by atoms with van der Waals surface area (Å²) in [7, 11) is 1.72. The summed E-state index contributed by atoms with van der Waals surface area (Å²) in [6, 6.07) is 14.3. The van der Waals surface area contributed by atoms with E-state index in [-0.39, 0.29) is 0 Å². The maximum absolute atomic E-state index is 5.70. The van der Waals surface area contributed by atoms with Crippen LogP contribution in [-0.4, -0.2) is 18.2 Å². The first-order valence-corrected chi connectivity index (χ1v) is 8.96. The maximum atomic E-state index is 5.70. The van der Waals surface area contributed by atoms with Crippen LogP contribution >= 0.6 is 0 Å². The van der Waals surface area contributed by atoms with Crippen LogP contribution in [0.3, 0.4) is 0 Å². The maximum Gasteiger partial charge on any atom is 0.0894 e. The van der Waals surface area contributed by atoms with Crippen LogP contribution in [0.15, 0.2) is 59.7 Å². The Bertz CT molecular complexity index is 759. The molecule has 3 N–H and O–H groups in total. The third kappa shape index (κ3) is 5.88. The molecule has 0 fully saturated rings. The zero-order chi connectivity index (χ0) is 19.4. The topological polar surface area (TPSA) is 63.3 Å². The Kier molecular flexibility index (Phi) is 9.47. The summed E-state index contributed by atoms with van der Waals surface area (Å²) >= 11 is 0. The van der Waals surface area contributed by atoms with Gasteiger partial charge in [-0.05, 0) is 31.0 Å². The minimum atomic E-state index is 0.752. The summed E-state index contributed by atoms with van der Waals surface area (Å²) in [6.07, 6.45) is 5.29. The van der Waals surface area contributed by atoms with Crippen molar-refractivity contribution in [3.05, 3.63) is 77.3 Å². The van der Waals surface area contributed by atoms with Gasteiger partial charge in [0.1, 0.15) is 0 Å². The SMILES string of the molecule is C/C=C(/NCc1ccccc1)c1nc(/C(C=NC)=C/N)ccc1C.CC. The lowest BCUT2D eigenvalue weighted by atomic mass is 10.1. The van der Waals surface area contributed by atoms with E-state index in [1.807, 2.05) is 51.1 Å². The Hall–Kier alpha value is -2.88. The summed E-state index contributed by atoms with van der Waals surface area (Å²) in [5.74, 6) is 0. The number of aryl methyl sites for hydroxylation is 1. The summed E-state index contributed by atoms with van der Waals surface area (Å²) < 4.78 is 0. The number of hydrogen-bond acceptors (Lipinski definition) is 4. The lowest BCUT2D eigenvalue weighted by Gasteiger charge is -2.14. The first kappa shape index (κ1) is 21.2. The average molecular weight is 351 g/mol. The second-order valence-corrected chi connectivity index (χ2v) is 5.41. The van der Waals surface area contributed by atoms with Gasteiger partial charge in [-0.3, -0.25) is 4.99 Å². The molecule has 26 heavy (non-hydrogen) atoms. The van der Waals surface area contributed by atoms with Gasteiger partial charge >= 0.3 is 0 Å². The van der Waals surface area contributed by atoms with Gasteiger partial charge in [-0.25, -0.2) is 4.98 Å². The molecule has 0 unspecified atom stereocenters. The van der Waals surface area contributed by atoms with E-state index in [0.717, 1.165) is 34.8 Å². The molecule has 0 saturated carbocycles. The zero-order valence-corrected chi connectivity index (χ0v) is 16.5. The standard InChI is InChI=1S/C20H24N4.C2H6/c1-4-18(23-13-16-8-6-5-7-9-16)20-15(2)10-11-19(24-20)17(12-21)14-22-3;1-2/h4-12,14,23H,13,21H2,1-3H3;1-2H3/b17-12+,18-4+,22-14?;. The normalized spacial score (nSPS) is 11.9. The van der Waals surface area contributed by atoms with Gasteiger partial charge in [0, 0.05) is 31.6 Å². The van der Waals surface area contributed by atoms with Gasteiger partial charge in [-0.1, -0.05) is 56.3 Å². The van der Waals surface area contributed by atoms with Crippen molar-refractivity contribution in [1.29, 1.82) is 0 Å². The van der Waals surface area contributed by atoms with Gasteiger partial charge < -0.3 is 11.1 Å². The minimum absolute atomic E-state index is 0.752. The monoisotopic (exact) mass is 350 g/mol. The first-order valence-electron chi connectivity index (χ1n) is 8.96. The number of hydrogen-bond donors (Lipinski definition) is 2. The van der Waals surface area contributed by atoms with Gasteiger partial charge in [0.15, 0.2) is 0 Å². The molecule has 2 aromatic rings. The number of allylic oxidation sites excluding steroid dienone is 2. The van der Waals surface area contributed by atoms with Crippen molar-refractivity contribution in [2.24, 2.45) is 10.7 Å². The summed E-state index contributed by atoms with van der Waals surface area (Å²) in [5, 5.41) is 3.47. The van der Waals surface area contributed by atoms with Crippen molar-refractivity contribution in [3.8, 4) is 0 Å². The van der Waals surface area contributed by atoms with E-state index in [1.165, 1.54) is 11.8 Å². The predicted molar refractivity (Wildman–Crippen MR) is 114 cm³/mol. The highest BCUT2D eigenvalue weighted by Gasteiger charge is 2.09. The largest absolute Gasteiger partial charge is 0.404 e. The smallest absolute Gasteiger partial charge is 0.0894 e. The number of benzene rings is 1. The van der Waals surface area contributed by atoms with E-state index in [2.05, 4.69) is 35.4 Å². The van der Waals surface area contributed by atoms with Crippen LogP contribution in [-0.2, 0) is 6.54 Å². The molecule has 2 rings (SSSR count). The van der Waals surface area contributed by atoms with Crippen LogP contribution in [0.4, 0.5) is 0 Å². The second kappa shape index (κ2) is 11.6. The lowest BCUT2D eigenvalue weighted by molar-refractivity contribution is 0.878. The molecule has 138 valence electrons. The minimum Gasteiger partial charge on any atom is -0.404 e. The molecule has 1 heterocycles. The van der Waals surface area contributed by atoms with E-state index in [4.69, 9.17) is 10.7 Å². The Morgan fingerprint density at radius 2 is 1.85 bits per heavy atom. The van der Waals surface area contributed by atoms with Crippen LogP contribution in [0.2, 0.25) is 0 Å². The summed E-state index contributed by atoms with van der Waals surface area (Å²) in [6.45, 7) is 8.82. The number of nitrogens with zero attached hydrogens (tertiary/aromatic N) is 2. The van der Waals surface area contributed by atoms with Gasteiger partial charge in [-0.15, -0.1) is 0 Å². The van der Waals surface area contributed by atoms with Gasteiger partial charge in [0.2, 0.25) is 0 Å². The van der Waals surface area contributed by atoms with E-state index < -0.39 is 0 Å². The van der Waals surface area contributed by atoms with E-state index >= 15 is 0 Å². The molecule has 0 spiro atoms. The number of aliphatic imine (C=N–C) groups is 1. The molecule has 4 heteroatoms. The van der Waals surface area contributed by atoms with E-state index in [9.17, 15) is 0 Å². The lowest BCUT2D eigenvalue weighted by Crippen LogP contribution is -2.14. The predicted octanol–water partition coefficient (Wildman–Crippen LogP) is 4.57. The fourth-order valence-electron chi connectivity index (χ4n) is 2.41. The van der Waals surface area contributed by atoms with Crippen molar-refractivity contribution < 1.29 is 0 Å². The molecule has 1 aromatic heterocycles. The molecule has 4 nitrogen and oxygen atoms in total. The summed E-state index contributed by atoms with van der Waals surface area (Å²) in [4.78, 5) is 8.81. The van der Waals surface area contributed by atoms with Crippen molar-refractivity contribution in [3.63, 3.8) is 0 Å². The third-order valence-electron chi connectivity index (χ3n) is 3.71. The highest BCUT2D eigenvalue weighted by Crippen LogP contribution is 2.19. The fourth-order valence-corrected chi connectivity index (χ4v) is 2.41. The highest BCUT2D eigenvalue weighted by molar-refractivity contribution is 6.08. The molecule has 0 saturated heterocycles. The molecule has 0 atom stereocenters.